The lowest BCUT2D eigenvalue weighted by Crippen LogP contribution is -2.29. The summed E-state index contributed by atoms with van der Waals surface area (Å²) in [5.74, 6) is -0.258. The molecule has 0 unspecified atom stereocenters. The Labute approximate surface area is 135 Å². The van der Waals surface area contributed by atoms with Crippen molar-refractivity contribution in [2.45, 2.75) is 13.3 Å². The summed E-state index contributed by atoms with van der Waals surface area (Å²) >= 11 is 0. The Balaban J connectivity index is 1.85. The average molecular weight is 337 g/mol. The molecule has 2 rings (SSSR count). The zero-order chi connectivity index (χ0) is 16.9. The highest BCUT2D eigenvalue weighted by Crippen LogP contribution is 2.19. The van der Waals surface area contributed by atoms with Crippen LogP contribution in [0, 0.1) is 6.92 Å². The van der Waals surface area contributed by atoms with Crippen LogP contribution in [0.3, 0.4) is 0 Å². The van der Waals surface area contributed by atoms with E-state index in [-0.39, 0.29) is 18.2 Å². The van der Waals surface area contributed by atoms with Gasteiger partial charge in [-0.2, -0.15) is 0 Å². The lowest BCUT2D eigenvalue weighted by molar-refractivity contribution is 0.0916. The SMILES string of the molecule is Cc1ccc(-c2cc(C(=O)NCCCNS(C)(=O)=O)on2)cc1. The summed E-state index contributed by atoms with van der Waals surface area (Å²) in [4.78, 5) is 11.9. The zero-order valence-corrected chi connectivity index (χ0v) is 13.8. The Kier molecular flexibility index (Phi) is 5.51. The minimum atomic E-state index is -3.20. The van der Waals surface area contributed by atoms with Crippen molar-refractivity contribution >= 4 is 15.9 Å². The largest absolute Gasteiger partial charge is 0.350 e. The first-order valence-corrected chi connectivity index (χ1v) is 9.01. The molecule has 0 atom stereocenters. The minimum absolute atomic E-state index is 0.122. The number of sulfonamides is 1. The van der Waals surface area contributed by atoms with Gasteiger partial charge in [0.05, 0.1) is 6.26 Å². The van der Waals surface area contributed by atoms with Crippen molar-refractivity contribution in [3.8, 4) is 11.3 Å². The van der Waals surface area contributed by atoms with E-state index >= 15 is 0 Å². The monoisotopic (exact) mass is 337 g/mol. The van der Waals surface area contributed by atoms with Gasteiger partial charge in [0.2, 0.25) is 15.8 Å². The lowest BCUT2D eigenvalue weighted by atomic mass is 10.1. The molecule has 2 aromatic rings. The maximum absolute atomic E-state index is 11.9. The molecule has 0 spiro atoms. The lowest BCUT2D eigenvalue weighted by Gasteiger charge is -2.03. The normalized spacial score (nSPS) is 11.4. The summed E-state index contributed by atoms with van der Waals surface area (Å²) in [6, 6.07) is 9.31. The van der Waals surface area contributed by atoms with Crippen LogP contribution in [0.4, 0.5) is 0 Å². The van der Waals surface area contributed by atoms with E-state index in [2.05, 4.69) is 15.2 Å². The number of hydrogen-bond acceptors (Lipinski definition) is 5. The molecule has 124 valence electrons. The summed E-state index contributed by atoms with van der Waals surface area (Å²) in [5, 5.41) is 6.54. The molecule has 0 radical (unpaired) electrons. The van der Waals surface area contributed by atoms with E-state index in [1.807, 2.05) is 31.2 Å². The second kappa shape index (κ2) is 7.38. The van der Waals surface area contributed by atoms with Crippen LogP contribution < -0.4 is 10.0 Å². The van der Waals surface area contributed by atoms with Crippen LogP contribution >= 0.6 is 0 Å². The number of aryl methyl sites for hydroxylation is 1. The molecule has 0 aliphatic heterocycles. The maximum Gasteiger partial charge on any atom is 0.289 e. The fourth-order valence-electron chi connectivity index (χ4n) is 1.88. The van der Waals surface area contributed by atoms with Gasteiger partial charge in [-0.1, -0.05) is 35.0 Å². The van der Waals surface area contributed by atoms with Gasteiger partial charge in [0.15, 0.2) is 0 Å². The second-order valence-corrected chi connectivity index (χ2v) is 7.05. The van der Waals surface area contributed by atoms with Crippen molar-refractivity contribution in [2.75, 3.05) is 19.3 Å². The van der Waals surface area contributed by atoms with E-state index in [0.717, 1.165) is 17.4 Å². The Bertz CT molecular complexity index is 766. The van der Waals surface area contributed by atoms with E-state index in [1.165, 1.54) is 0 Å². The highest BCUT2D eigenvalue weighted by molar-refractivity contribution is 7.88. The van der Waals surface area contributed by atoms with Crippen LogP contribution in [0.5, 0.6) is 0 Å². The van der Waals surface area contributed by atoms with Crippen molar-refractivity contribution in [1.82, 2.24) is 15.2 Å². The average Bonchev–Trinajstić information content (AvgIpc) is 2.96. The predicted octanol–water partition coefficient (Wildman–Crippen LogP) is 1.32. The first kappa shape index (κ1) is 17.2. The van der Waals surface area contributed by atoms with Crippen LogP contribution in [-0.4, -0.2) is 38.8 Å². The number of nitrogens with one attached hydrogen (secondary N) is 2. The molecular formula is C15H19N3O4S. The number of hydrogen-bond donors (Lipinski definition) is 2. The molecular weight excluding hydrogens is 318 g/mol. The molecule has 0 saturated heterocycles. The molecule has 0 aliphatic carbocycles. The summed E-state index contributed by atoms with van der Waals surface area (Å²) in [7, 11) is -3.20. The predicted molar refractivity (Wildman–Crippen MR) is 86.5 cm³/mol. The molecule has 0 fully saturated rings. The molecule has 1 amide bonds. The van der Waals surface area contributed by atoms with E-state index in [9.17, 15) is 13.2 Å². The van der Waals surface area contributed by atoms with E-state index in [4.69, 9.17) is 4.52 Å². The van der Waals surface area contributed by atoms with Crippen molar-refractivity contribution in [3.05, 3.63) is 41.7 Å². The molecule has 23 heavy (non-hydrogen) atoms. The number of rotatable bonds is 7. The fraction of sp³-hybridized carbons (Fsp3) is 0.333. The van der Waals surface area contributed by atoms with Gasteiger partial charge >= 0.3 is 0 Å². The first-order chi connectivity index (χ1) is 10.8. The zero-order valence-electron chi connectivity index (χ0n) is 13.0. The third-order valence-corrected chi connectivity index (χ3v) is 3.81. The van der Waals surface area contributed by atoms with E-state index < -0.39 is 10.0 Å². The molecule has 7 nitrogen and oxygen atoms in total. The maximum atomic E-state index is 11.9. The van der Waals surface area contributed by atoms with E-state index in [1.54, 1.807) is 6.07 Å². The number of carbonyl (C=O) groups is 1. The molecule has 0 bridgehead atoms. The quantitative estimate of drug-likeness (QED) is 0.742. The number of amides is 1. The molecule has 8 heteroatoms. The van der Waals surface area contributed by atoms with Crippen LogP contribution in [0.1, 0.15) is 22.5 Å². The minimum Gasteiger partial charge on any atom is -0.350 e. The van der Waals surface area contributed by atoms with Gasteiger partial charge < -0.3 is 9.84 Å². The Morgan fingerprint density at radius 2 is 1.91 bits per heavy atom. The molecule has 2 N–H and O–H groups in total. The van der Waals surface area contributed by atoms with Gasteiger partial charge in [0.1, 0.15) is 5.69 Å². The fourth-order valence-corrected chi connectivity index (χ4v) is 2.39. The van der Waals surface area contributed by atoms with Gasteiger partial charge in [0, 0.05) is 24.7 Å². The van der Waals surface area contributed by atoms with Crippen molar-refractivity contribution < 1.29 is 17.7 Å². The molecule has 1 aromatic carbocycles. The first-order valence-electron chi connectivity index (χ1n) is 7.12. The van der Waals surface area contributed by atoms with Gasteiger partial charge in [0.25, 0.3) is 5.91 Å². The van der Waals surface area contributed by atoms with Crippen LogP contribution in [-0.2, 0) is 10.0 Å². The Morgan fingerprint density at radius 3 is 2.57 bits per heavy atom. The highest BCUT2D eigenvalue weighted by Gasteiger charge is 2.13. The second-order valence-electron chi connectivity index (χ2n) is 5.22. The number of carbonyl (C=O) groups excluding carboxylic acids is 1. The Hall–Kier alpha value is -2.19. The van der Waals surface area contributed by atoms with Gasteiger partial charge in [-0.25, -0.2) is 13.1 Å². The molecule has 0 saturated carbocycles. The summed E-state index contributed by atoms with van der Waals surface area (Å²) in [6.07, 6.45) is 1.57. The topological polar surface area (TPSA) is 101 Å². The van der Waals surface area contributed by atoms with Crippen molar-refractivity contribution in [3.63, 3.8) is 0 Å². The number of benzene rings is 1. The molecule has 0 aliphatic rings. The van der Waals surface area contributed by atoms with Crippen molar-refractivity contribution in [2.24, 2.45) is 0 Å². The van der Waals surface area contributed by atoms with Crippen LogP contribution in [0.15, 0.2) is 34.9 Å². The standard InChI is InChI=1S/C15H19N3O4S/c1-11-4-6-12(7-5-11)13-10-14(22-18-13)15(19)16-8-3-9-17-23(2,20)21/h4-7,10,17H,3,8-9H2,1-2H3,(H,16,19). The summed E-state index contributed by atoms with van der Waals surface area (Å²) < 4.78 is 29.2. The Morgan fingerprint density at radius 1 is 1.22 bits per heavy atom. The summed E-state index contributed by atoms with van der Waals surface area (Å²) in [5.41, 5.74) is 2.60. The van der Waals surface area contributed by atoms with Gasteiger partial charge in [-0.3, -0.25) is 4.79 Å². The van der Waals surface area contributed by atoms with Crippen LogP contribution in [0.2, 0.25) is 0 Å². The van der Waals surface area contributed by atoms with Crippen molar-refractivity contribution in [1.29, 1.82) is 0 Å². The third-order valence-electron chi connectivity index (χ3n) is 3.08. The number of aromatic nitrogens is 1. The van der Waals surface area contributed by atoms with E-state index in [0.29, 0.717) is 18.7 Å². The van der Waals surface area contributed by atoms with Gasteiger partial charge in [-0.05, 0) is 13.3 Å². The van der Waals surface area contributed by atoms with Gasteiger partial charge in [-0.15, -0.1) is 0 Å². The summed E-state index contributed by atoms with van der Waals surface area (Å²) in [6.45, 7) is 2.59. The highest BCUT2D eigenvalue weighted by atomic mass is 32.2. The number of nitrogens with zero attached hydrogens (tertiary/aromatic N) is 1. The smallest absolute Gasteiger partial charge is 0.289 e. The third kappa shape index (κ3) is 5.50. The molecule has 1 aromatic heterocycles. The van der Waals surface area contributed by atoms with Crippen LogP contribution in [0.25, 0.3) is 11.3 Å². The molecule has 1 heterocycles.